The summed E-state index contributed by atoms with van der Waals surface area (Å²) in [6.07, 6.45) is 0. The Morgan fingerprint density at radius 2 is 2.33 bits per heavy atom. The molecule has 1 rings (SSSR count). The lowest BCUT2D eigenvalue weighted by molar-refractivity contribution is 0.0599. The molecule has 0 spiro atoms. The molecule has 0 unspecified atom stereocenters. The van der Waals surface area contributed by atoms with E-state index >= 15 is 0 Å². The molecule has 0 radical (unpaired) electrons. The molecule has 0 saturated heterocycles. The van der Waals surface area contributed by atoms with Crippen LogP contribution in [-0.2, 0) is 11.3 Å². The molecule has 15 heavy (non-hydrogen) atoms. The molecule has 5 heteroatoms. The number of benzene rings is 1. The van der Waals surface area contributed by atoms with Crippen molar-refractivity contribution < 1.29 is 9.53 Å². The number of hydrogen-bond donors (Lipinski definition) is 1. The Morgan fingerprint density at radius 3 is 2.80 bits per heavy atom. The van der Waals surface area contributed by atoms with Gasteiger partial charge >= 0.3 is 5.97 Å². The van der Waals surface area contributed by atoms with Crippen molar-refractivity contribution in [3.8, 4) is 6.07 Å². The van der Waals surface area contributed by atoms with E-state index in [1.807, 2.05) is 6.07 Å². The standard InChI is InChI=1S/C10H9ClN2O2/c1-15-10(14)8-3-7(11)2-6(4-12)9(8)5-13/h2-3H,5,13H2,1H3. The quantitative estimate of drug-likeness (QED) is 0.772. The van der Waals surface area contributed by atoms with Gasteiger partial charge in [0, 0.05) is 11.6 Å². The summed E-state index contributed by atoms with van der Waals surface area (Å²) in [5.74, 6) is -0.547. The molecule has 0 aromatic heterocycles. The Bertz CT molecular complexity index is 438. The van der Waals surface area contributed by atoms with Gasteiger partial charge in [-0.1, -0.05) is 11.6 Å². The number of ether oxygens (including phenoxy) is 1. The molecule has 0 heterocycles. The first-order chi connectivity index (χ1) is 7.13. The van der Waals surface area contributed by atoms with Crippen LogP contribution >= 0.6 is 11.6 Å². The molecular weight excluding hydrogens is 216 g/mol. The summed E-state index contributed by atoms with van der Waals surface area (Å²) in [7, 11) is 1.26. The fraction of sp³-hybridized carbons (Fsp3) is 0.200. The number of esters is 1. The van der Waals surface area contributed by atoms with Crippen LogP contribution in [0.25, 0.3) is 0 Å². The highest BCUT2D eigenvalue weighted by Crippen LogP contribution is 2.21. The predicted molar refractivity (Wildman–Crippen MR) is 55.4 cm³/mol. The van der Waals surface area contributed by atoms with Crippen molar-refractivity contribution in [1.82, 2.24) is 0 Å². The second-order valence-corrected chi connectivity index (χ2v) is 3.22. The maximum absolute atomic E-state index is 11.4. The summed E-state index contributed by atoms with van der Waals surface area (Å²) in [5, 5.41) is 9.15. The van der Waals surface area contributed by atoms with Crippen molar-refractivity contribution in [3.05, 3.63) is 33.8 Å². The largest absolute Gasteiger partial charge is 0.465 e. The molecule has 78 valence electrons. The zero-order valence-electron chi connectivity index (χ0n) is 8.08. The van der Waals surface area contributed by atoms with Crippen LogP contribution in [0, 0.1) is 11.3 Å². The van der Waals surface area contributed by atoms with Gasteiger partial charge in [0.05, 0.1) is 24.3 Å². The minimum absolute atomic E-state index is 0.0878. The van der Waals surface area contributed by atoms with E-state index in [1.165, 1.54) is 19.2 Å². The molecule has 0 fully saturated rings. The highest BCUT2D eigenvalue weighted by molar-refractivity contribution is 6.31. The smallest absolute Gasteiger partial charge is 0.338 e. The third-order valence-corrected chi connectivity index (χ3v) is 2.16. The maximum Gasteiger partial charge on any atom is 0.338 e. The lowest BCUT2D eigenvalue weighted by Gasteiger charge is -2.08. The van der Waals surface area contributed by atoms with Crippen LogP contribution in [0.3, 0.4) is 0 Å². The highest BCUT2D eigenvalue weighted by Gasteiger charge is 2.15. The number of carbonyl (C=O) groups excluding carboxylic acids is 1. The number of nitriles is 1. The molecule has 0 aliphatic carbocycles. The summed E-state index contributed by atoms with van der Waals surface area (Å²) < 4.78 is 4.57. The summed E-state index contributed by atoms with van der Waals surface area (Å²) in [4.78, 5) is 11.4. The number of rotatable bonds is 2. The highest BCUT2D eigenvalue weighted by atomic mass is 35.5. The van der Waals surface area contributed by atoms with Crippen LogP contribution in [-0.4, -0.2) is 13.1 Å². The SMILES string of the molecule is COC(=O)c1cc(Cl)cc(C#N)c1CN. The molecule has 0 atom stereocenters. The second kappa shape index (κ2) is 4.78. The Balaban J connectivity index is 3.43. The third kappa shape index (κ3) is 2.27. The lowest BCUT2D eigenvalue weighted by atomic mass is 10.0. The fourth-order valence-electron chi connectivity index (χ4n) is 1.25. The van der Waals surface area contributed by atoms with E-state index in [9.17, 15) is 4.79 Å². The van der Waals surface area contributed by atoms with Gasteiger partial charge in [-0.15, -0.1) is 0 Å². The number of nitrogens with two attached hydrogens (primary N) is 1. The average molecular weight is 225 g/mol. The molecule has 0 amide bonds. The van der Waals surface area contributed by atoms with Crippen molar-refractivity contribution in [2.45, 2.75) is 6.54 Å². The molecule has 0 bridgehead atoms. The first-order valence-corrected chi connectivity index (χ1v) is 4.52. The van der Waals surface area contributed by atoms with Gasteiger partial charge in [-0.25, -0.2) is 4.79 Å². The zero-order chi connectivity index (χ0) is 11.4. The molecule has 0 saturated carbocycles. The van der Waals surface area contributed by atoms with Gasteiger partial charge in [-0.2, -0.15) is 5.26 Å². The van der Waals surface area contributed by atoms with E-state index in [1.54, 1.807) is 0 Å². The molecule has 4 nitrogen and oxygen atoms in total. The van der Waals surface area contributed by atoms with E-state index in [0.717, 1.165) is 0 Å². The van der Waals surface area contributed by atoms with Gasteiger partial charge in [-0.3, -0.25) is 0 Å². The van der Waals surface area contributed by atoms with Crippen molar-refractivity contribution in [2.75, 3.05) is 7.11 Å². The Morgan fingerprint density at radius 1 is 1.67 bits per heavy atom. The summed E-state index contributed by atoms with van der Waals surface area (Å²) in [5.41, 5.74) is 6.46. The first kappa shape index (κ1) is 11.5. The van der Waals surface area contributed by atoms with Crippen LogP contribution in [0.4, 0.5) is 0 Å². The minimum atomic E-state index is -0.547. The first-order valence-electron chi connectivity index (χ1n) is 4.15. The number of hydrogen-bond acceptors (Lipinski definition) is 4. The number of nitrogens with zero attached hydrogens (tertiary/aromatic N) is 1. The van der Waals surface area contributed by atoms with E-state index in [2.05, 4.69) is 4.74 Å². The van der Waals surface area contributed by atoms with Gasteiger partial charge in [0.25, 0.3) is 0 Å². The Labute approximate surface area is 92.2 Å². The number of halogens is 1. The van der Waals surface area contributed by atoms with Crippen LogP contribution in [0.1, 0.15) is 21.5 Å². The monoisotopic (exact) mass is 224 g/mol. The third-order valence-electron chi connectivity index (χ3n) is 1.94. The fourth-order valence-corrected chi connectivity index (χ4v) is 1.47. The van der Waals surface area contributed by atoms with Crippen LogP contribution in [0.2, 0.25) is 5.02 Å². The summed E-state index contributed by atoms with van der Waals surface area (Å²) in [6.45, 7) is 0.0878. The molecule has 1 aromatic rings. The lowest BCUT2D eigenvalue weighted by Crippen LogP contribution is -2.11. The van der Waals surface area contributed by atoms with Crippen LogP contribution in [0.15, 0.2) is 12.1 Å². The van der Waals surface area contributed by atoms with Crippen molar-refractivity contribution in [2.24, 2.45) is 5.73 Å². The van der Waals surface area contributed by atoms with Gasteiger partial charge in [0.15, 0.2) is 0 Å². The molecular formula is C10H9ClN2O2. The van der Waals surface area contributed by atoms with Crippen LogP contribution in [0.5, 0.6) is 0 Å². The van der Waals surface area contributed by atoms with Gasteiger partial charge in [-0.05, 0) is 17.7 Å². The van der Waals surface area contributed by atoms with Gasteiger partial charge < -0.3 is 10.5 Å². The van der Waals surface area contributed by atoms with E-state index in [0.29, 0.717) is 16.1 Å². The van der Waals surface area contributed by atoms with Crippen molar-refractivity contribution >= 4 is 17.6 Å². The van der Waals surface area contributed by atoms with E-state index in [-0.39, 0.29) is 12.1 Å². The normalized spacial score (nSPS) is 9.47. The van der Waals surface area contributed by atoms with Gasteiger partial charge in [0.2, 0.25) is 0 Å². The predicted octanol–water partition coefficient (Wildman–Crippen LogP) is 1.46. The zero-order valence-corrected chi connectivity index (χ0v) is 8.84. The van der Waals surface area contributed by atoms with Crippen LogP contribution < -0.4 is 5.73 Å². The maximum atomic E-state index is 11.4. The van der Waals surface area contributed by atoms with Crippen molar-refractivity contribution in [1.29, 1.82) is 5.26 Å². The molecule has 0 aliphatic rings. The summed E-state index contributed by atoms with van der Waals surface area (Å²) >= 11 is 5.76. The van der Waals surface area contributed by atoms with E-state index in [4.69, 9.17) is 22.6 Å². The second-order valence-electron chi connectivity index (χ2n) is 2.79. The Hall–Kier alpha value is -1.57. The van der Waals surface area contributed by atoms with E-state index < -0.39 is 5.97 Å². The average Bonchev–Trinajstić information content (AvgIpc) is 2.26. The Kier molecular flexibility index (Phi) is 3.67. The molecule has 2 N–H and O–H groups in total. The number of methoxy groups -OCH3 is 1. The topological polar surface area (TPSA) is 76.1 Å². The summed E-state index contributed by atoms with van der Waals surface area (Å²) in [6, 6.07) is 4.84. The van der Waals surface area contributed by atoms with Gasteiger partial charge in [0.1, 0.15) is 0 Å². The number of carbonyl (C=O) groups is 1. The molecule has 0 aliphatic heterocycles. The minimum Gasteiger partial charge on any atom is -0.465 e. The van der Waals surface area contributed by atoms with Crippen molar-refractivity contribution in [3.63, 3.8) is 0 Å². The molecule has 1 aromatic carbocycles.